The van der Waals surface area contributed by atoms with Gasteiger partial charge in [0.15, 0.2) is 0 Å². The lowest BCUT2D eigenvalue weighted by molar-refractivity contribution is -0.137. The molecule has 0 aliphatic heterocycles. The molecule has 4 aliphatic rings. The van der Waals surface area contributed by atoms with Crippen molar-refractivity contribution in [3.63, 3.8) is 0 Å². The van der Waals surface area contributed by atoms with E-state index in [4.69, 9.17) is 0 Å². The van der Waals surface area contributed by atoms with Crippen LogP contribution in [0.1, 0.15) is 112 Å². The van der Waals surface area contributed by atoms with Crippen molar-refractivity contribution < 1.29 is 4.79 Å². The van der Waals surface area contributed by atoms with Crippen molar-refractivity contribution in [2.24, 2.45) is 52.3 Å². The second-order valence-corrected chi connectivity index (χ2v) is 13.8. The lowest BCUT2D eigenvalue weighted by Gasteiger charge is -2.61. The second-order valence-electron chi connectivity index (χ2n) is 13.8. The molecule has 1 amide bonds. The van der Waals surface area contributed by atoms with E-state index in [1.807, 2.05) is 11.9 Å². The molecule has 0 bridgehead atoms. The predicted molar refractivity (Wildman–Crippen MR) is 140 cm³/mol. The maximum Gasteiger partial charge on any atom is 0.245 e. The van der Waals surface area contributed by atoms with Crippen molar-refractivity contribution in [1.29, 1.82) is 0 Å². The Hall–Kier alpha value is -0.790. The molecule has 1 unspecified atom stereocenters. The largest absolute Gasteiger partial charge is 0.339 e. The Morgan fingerprint density at radius 1 is 0.970 bits per heavy atom. The van der Waals surface area contributed by atoms with Crippen LogP contribution in [0.25, 0.3) is 0 Å². The lowest BCUT2D eigenvalue weighted by Crippen LogP contribution is -2.55. The summed E-state index contributed by atoms with van der Waals surface area (Å²) in [6, 6.07) is 0.418. The van der Waals surface area contributed by atoms with Crippen LogP contribution in [-0.4, -0.2) is 23.9 Å². The van der Waals surface area contributed by atoms with E-state index in [0.717, 1.165) is 41.4 Å². The number of amides is 1. The first-order valence-electron chi connectivity index (χ1n) is 14.5. The summed E-state index contributed by atoms with van der Waals surface area (Å²) in [7, 11) is 2.00. The van der Waals surface area contributed by atoms with Crippen LogP contribution in [-0.2, 0) is 4.79 Å². The van der Waals surface area contributed by atoms with Gasteiger partial charge in [-0.05, 0) is 116 Å². The van der Waals surface area contributed by atoms with Gasteiger partial charge in [0.25, 0.3) is 0 Å². The molecule has 2 nitrogen and oxygen atoms in total. The van der Waals surface area contributed by atoms with E-state index in [0.29, 0.717) is 16.9 Å². The average Bonchev–Trinajstić information content (AvgIpc) is 3.14. The summed E-state index contributed by atoms with van der Waals surface area (Å²) in [6.07, 6.45) is 18.2. The highest BCUT2D eigenvalue weighted by molar-refractivity contribution is 5.87. The van der Waals surface area contributed by atoms with Crippen LogP contribution in [0.3, 0.4) is 0 Å². The van der Waals surface area contributed by atoms with Gasteiger partial charge in [-0.25, -0.2) is 0 Å². The van der Waals surface area contributed by atoms with Gasteiger partial charge in [0.05, 0.1) is 0 Å². The van der Waals surface area contributed by atoms with E-state index >= 15 is 0 Å². The fourth-order valence-electron chi connectivity index (χ4n) is 9.94. The van der Waals surface area contributed by atoms with Gasteiger partial charge in [0.1, 0.15) is 0 Å². The lowest BCUT2D eigenvalue weighted by atomic mass is 9.44. The van der Waals surface area contributed by atoms with Gasteiger partial charge < -0.3 is 4.90 Å². The standard InChI is InChI=1S/C31H53NO/c1-8-29(33)32(7)24-16-18-30(5)23(20-24)12-13-25-27-15-14-26(22(4)11-9-10-21(2)3)31(27,6)19-17-28(25)30/h8,21-28H,1,9-20H2,2-7H3/t22-,23-,24-,25+,26?,27+,28+,30+,31-/m1/s1. The summed E-state index contributed by atoms with van der Waals surface area (Å²) in [5.41, 5.74) is 1.09. The molecule has 0 saturated heterocycles. The van der Waals surface area contributed by atoms with Crippen molar-refractivity contribution >= 4 is 5.91 Å². The van der Waals surface area contributed by atoms with Crippen molar-refractivity contribution in [3.8, 4) is 0 Å². The number of fused-ring (bicyclic) bond motifs is 5. The molecule has 0 radical (unpaired) electrons. The smallest absolute Gasteiger partial charge is 0.245 e. The van der Waals surface area contributed by atoms with Crippen molar-refractivity contribution in [1.82, 2.24) is 4.90 Å². The van der Waals surface area contributed by atoms with Gasteiger partial charge in [0, 0.05) is 13.1 Å². The molecule has 0 spiro atoms. The minimum absolute atomic E-state index is 0.102. The van der Waals surface area contributed by atoms with E-state index in [1.165, 1.54) is 83.1 Å². The van der Waals surface area contributed by atoms with E-state index in [-0.39, 0.29) is 5.91 Å². The molecule has 2 heteroatoms. The Kier molecular flexibility index (Phi) is 7.43. The monoisotopic (exact) mass is 455 g/mol. The fraction of sp³-hybridized carbons (Fsp3) is 0.903. The summed E-state index contributed by atoms with van der Waals surface area (Å²) in [5, 5.41) is 0. The van der Waals surface area contributed by atoms with E-state index in [9.17, 15) is 4.79 Å². The molecular formula is C31H53NO. The highest BCUT2D eigenvalue weighted by Crippen LogP contribution is 2.68. The Bertz CT molecular complexity index is 714. The molecule has 0 aromatic carbocycles. The van der Waals surface area contributed by atoms with Gasteiger partial charge in [-0.15, -0.1) is 0 Å². The Morgan fingerprint density at radius 2 is 1.67 bits per heavy atom. The highest BCUT2D eigenvalue weighted by Gasteiger charge is 2.60. The van der Waals surface area contributed by atoms with Crippen LogP contribution in [0.5, 0.6) is 0 Å². The topological polar surface area (TPSA) is 20.3 Å². The van der Waals surface area contributed by atoms with E-state index in [2.05, 4.69) is 41.2 Å². The quantitative estimate of drug-likeness (QED) is 0.355. The Labute approximate surface area is 205 Å². The van der Waals surface area contributed by atoms with Crippen molar-refractivity contribution in [2.45, 2.75) is 118 Å². The Morgan fingerprint density at radius 3 is 2.36 bits per heavy atom. The molecule has 0 heterocycles. The van der Waals surface area contributed by atoms with Crippen LogP contribution in [0.2, 0.25) is 0 Å². The number of hydrogen-bond donors (Lipinski definition) is 0. The van der Waals surface area contributed by atoms with Crippen LogP contribution < -0.4 is 0 Å². The molecule has 188 valence electrons. The summed E-state index contributed by atoms with van der Waals surface area (Å²) in [6.45, 7) is 16.4. The molecule has 4 fully saturated rings. The fourth-order valence-corrected chi connectivity index (χ4v) is 9.94. The van der Waals surface area contributed by atoms with Crippen molar-refractivity contribution in [3.05, 3.63) is 12.7 Å². The molecule has 0 aromatic rings. The summed E-state index contributed by atoms with van der Waals surface area (Å²) < 4.78 is 0. The van der Waals surface area contributed by atoms with Gasteiger partial charge in [-0.3, -0.25) is 4.79 Å². The number of nitrogens with zero attached hydrogens (tertiary/aromatic N) is 1. The second kappa shape index (κ2) is 9.69. The molecule has 4 rings (SSSR count). The maximum absolute atomic E-state index is 12.2. The number of likely N-dealkylation sites (N-methyl/N-ethyl adjacent to an activating group) is 1. The molecule has 9 atom stereocenters. The van der Waals surface area contributed by atoms with E-state index < -0.39 is 0 Å². The van der Waals surface area contributed by atoms with Crippen LogP contribution >= 0.6 is 0 Å². The third kappa shape index (κ3) is 4.47. The van der Waals surface area contributed by atoms with Gasteiger partial charge >= 0.3 is 0 Å². The van der Waals surface area contributed by atoms with Crippen LogP contribution in [0.4, 0.5) is 0 Å². The zero-order valence-electron chi connectivity index (χ0n) is 22.7. The minimum Gasteiger partial charge on any atom is -0.339 e. The third-order valence-corrected chi connectivity index (χ3v) is 11.9. The molecule has 0 aromatic heterocycles. The summed E-state index contributed by atoms with van der Waals surface area (Å²) in [5.74, 6) is 6.45. The molecule has 33 heavy (non-hydrogen) atoms. The summed E-state index contributed by atoms with van der Waals surface area (Å²) >= 11 is 0. The third-order valence-electron chi connectivity index (χ3n) is 11.9. The zero-order chi connectivity index (χ0) is 24.0. The van der Waals surface area contributed by atoms with Gasteiger partial charge in [-0.2, -0.15) is 0 Å². The highest BCUT2D eigenvalue weighted by atomic mass is 16.2. The van der Waals surface area contributed by atoms with Crippen LogP contribution in [0.15, 0.2) is 12.7 Å². The summed E-state index contributed by atoms with van der Waals surface area (Å²) in [4.78, 5) is 14.2. The number of carbonyl (C=O) groups is 1. The SMILES string of the molecule is C=CC(=O)N(C)[C@@H]1CC[C@@]2(C)[C@H](CC[C@@H]3[C@@H]2CC[C@]2(C)C([C@H](C)CCCC(C)C)CC[C@@H]32)C1. The van der Waals surface area contributed by atoms with Crippen molar-refractivity contribution in [2.75, 3.05) is 7.05 Å². The maximum atomic E-state index is 12.2. The van der Waals surface area contributed by atoms with Gasteiger partial charge in [0.2, 0.25) is 5.91 Å². The molecule has 4 saturated carbocycles. The number of hydrogen-bond acceptors (Lipinski definition) is 1. The minimum atomic E-state index is 0.102. The molecule has 0 N–H and O–H groups in total. The number of carbonyl (C=O) groups excluding carboxylic acids is 1. The first kappa shape index (κ1) is 25.3. The Balaban J connectivity index is 1.43. The van der Waals surface area contributed by atoms with Crippen LogP contribution in [0, 0.1) is 52.3 Å². The first-order chi connectivity index (χ1) is 15.6. The van der Waals surface area contributed by atoms with Gasteiger partial charge in [-0.1, -0.05) is 60.5 Å². The predicted octanol–water partition coefficient (Wildman–Crippen LogP) is 8.12. The van der Waals surface area contributed by atoms with E-state index in [1.54, 1.807) is 0 Å². The molecular weight excluding hydrogens is 402 g/mol. The number of rotatable bonds is 7. The average molecular weight is 456 g/mol. The first-order valence-corrected chi connectivity index (χ1v) is 14.5. The normalized spacial score (nSPS) is 43.4. The molecule has 4 aliphatic carbocycles. The zero-order valence-corrected chi connectivity index (χ0v) is 22.7.